The third-order valence-electron chi connectivity index (χ3n) is 3.35. The van der Waals surface area contributed by atoms with Crippen LogP contribution in [0.2, 0.25) is 0 Å². The van der Waals surface area contributed by atoms with E-state index < -0.39 is 11.7 Å². The first-order chi connectivity index (χ1) is 11.1. The Morgan fingerprint density at radius 3 is 2.83 bits per heavy atom. The fraction of sp³-hybridized carbons (Fsp3) is 0.176. The fourth-order valence-electron chi connectivity index (χ4n) is 2.32. The lowest BCUT2D eigenvalue weighted by Gasteiger charge is -2.05. The van der Waals surface area contributed by atoms with Crippen LogP contribution >= 0.6 is 11.3 Å². The lowest BCUT2D eigenvalue weighted by atomic mass is 10.2. The molecule has 1 amide bonds. The predicted molar refractivity (Wildman–Crippen MR) is 88.3 cm³/mol. The maximum atomic E-state index is 13.2. The van der Waals surface area contributed by atoms with E-state index >= 15 is 0 Å². The van der Waals surface area contributed by atoms with Crippen molar-refractivity contribution in [3.8, 4) is 5.75 Å². The SMILES string of the molecule is CCOc1cccc2sc(=NC(=O)c3cccc(F)c3)n(C)c12. The molecular weight excluding hydrogens is 315 g/mol. The number of aryl methyl sites for hydroxylation is 1. The average Bonchev–Trinajstić information content (AvgIpc) is 2.85. The monoisotopic (exact) mass is 330 g/mol. The number of hydrogen-bond acceptors (Lipinski definition) is 3. The Morgan fingerprint density at radius 2 is 2.09 bits per heavy atom. The summed E-state index contributed by atoms with van der Waals surface area (Å²) in [5.41, 5.74) is 1.12. The number of aromatic nitrogens is 1. The minimum Gasteiger partial charge on any atom is -0.492 e. The van der Waals surface area contributed by atoms with Gasteiger partial charge < -0.3 is 9.30 Å². The standard InChI is InChI=1S/C17H15FN2O2S/c1-3-22-13-8-5-9-14-15(13)20(2)17(23-14)19-16(21)11-6-4-7-12(18)10-11/h4-10H,3H2,1-2H3. The Balaban J connectivity index is 2.11. The summed E-state index contributed by atoms with van der Waals surface area (Å²) in [7, 11) is 1.83. The summed E-state index contributed by atoms with van der Waals surface area (Å²) in [6.07, 6.45) is 0. The fourth-order valence-corrected chi connectivity index (χ4v) is 3.35. The topological polar surface area (TPSA) is 43.6 Å². The summed E-state index contributed by atoms with van der Waals surface area (Å²) < 4.78 is 21.7. The summed E-state index contributed by atoms with van der Waals surface area (Å²) in [6, 6.07) is 11.3. The van der Waals surface area contributed by atoms with Crippen molar-refractivity contribution in [3.63, 3.8) is 0 Å². The van der Waals surface area contributed by atoms with Crippen molar-refractivity contribution in [1.82, 2.24) is 4.57 Å². The zero-order valence-electron chi connectivity index (χ0n) is 12.7. The highest BCUT2D eigenvalue weighted by molar-refractivity contribution is 7.16. The Kier molecular flexibility index (Phi) is 4.25. The molecule has 0 N–H and O–H groups in total. The maximum absolute atomic E-state index is 13.2. The zero-order chi connectivity index (χ0) is 16.4. The van der Waals surface area contributed by atoms with Gasteiger partial charge in [-0.05, 0) is 37.3 Å². The first kappa shape index (κ1) is 15.4. The van der Waals surface area contributed by atoms with Crippen LogP contribution in [0, 0.1) is 5.82 Å². The van der Waals surface area contributed by atoms with Gasteiger partial charge in [0, 0.05) is 12.6 Å². The van der Waals surface area contributed by atoms with Gasteiger partial charge in [0.05, 0.1) is 11.3 Å². The van der Waals surface area contributed by atoms with Crippen LogP contribution in [-0.2, 0) is 7.05 Å². The highest BCUT2D eigenvalue weighted by atomic mass is 32.1. The van der Waals surface area contributed by atoms with Crippen LogP contribution < -0.4 is 9.54 Å². The quantitative estimate of drug-likeness (QED) is 0.737. The highest BCUT2D eigenvalue weighted by Gasteiger charge is 2.11. The second-order valence-corrected chi connectivity index (χ2v) is 5.92. The molecule has 3 aromatic rings. The smallest absolute Gasteiger partial charge is 0.279 e. The molecule has 0 fully saturated rings. The van der Waals surface area contributed by atoms with Crippen molar-refractivity contribution < 1.29 is 13.9 Å². The number of benzene rings is 2. The largest absolute Gasteiger partial charge is 0.492 e. The lowest BCUT2D eigenvalue weighted by molar-refractivity contribution is 0.0997. The molecule has 6 heteroatoms. The normalized spacial score (nSPS) is 11.9. The molecule has 2 aromatic carbocycles. The zero-order valence-corrected chi connectivity index (χ0v) is 13.6. The highest BCUT2D eigenvalue weighted by Crippen LogP contribution is 2.26. The Bertz CT molecular complexity index is 943. The van der Waals surface area contributed by atoms with E-state index in [1.807, 2.05) is 36.7 Å². The van der Waals surface area contributed by atoms with Crippen LogP contribution in [0.3, 0.4) is 0 Å². The number of halogens is 1. The minimum atomic E-state index is -0.468. The van der Waals surface area contributed by atoms with Gasteiger partial charge in [-0.3, -0.25) is 4.79 Å². The molecule has 0 unspecified atom stereocenters. The second kappa shape index (κ2) is 6.34. The Labute approximate surface area is 136 Å². The number of carbonyl (C=O) groups is 1. The summed E-state index contributed by atoms with van der Waals surface area (Å²) >= 11 is 1.39. The molecule has 0 radical (unpaired) electrons. The van der Waals surface area contributed by atoms with E-state index in [1.165, 1.54) is 29.5 Å². The van der Waals surface area contributed by atoms with E-state index in [2.05, 4.69) is 4.99 Å². The molecule has 0 atom stereocenters. The average molecular weight is 330 g/mol. The number of fused-ring (bicyclic) bond motifs is 1. The van der Waals surface area contributed by atoms with E-state index in [9.17, 15) is 9.18 Å². The molecule has 0 aliphatic rings. The number of thiazole rings is 1. The van der Waals surface area contributed by atoms with E-state index in [4.69, 9.17) is 4.74 Å². The molecule has 0 spiro atoms. The van der Waals surface area contributed by atoms with Crippen molar-refractivity contribution in [2.24, 2.45) is 12.0 Å². The molecular formula is C17H15FN2O2S. The third-order valence-corrected chi connectivity index (χ3v) is 4.45. The number of rotatable bonds is 3. The van der Waals surface area contributed by atoms with Crippen LogP contribution in [0.1, 0.15) is 17.3 Å². The number of amides is 1. The van der Waals surface area contributed by atoms with E-state index in [-0.39, 0.29) is 5.56 Å². The number of para-hydroxylation sites is 1. The van der Waals surface area contributed by atoms with E-state index in [1.54, 1.807) is 6.07 Å². The molecule has 118 valence electrons. The van der Waals surface area contributed by atoms with Gasteiger partial charge in [0.15, 0.2) is 4.80 Å². The maximum Gasteiger partial charge on any atom is 0.279 e. The lowest BCUT2D eigenvalue weighted by Crippen LogP contribution is -2.13. The molecule has 3 rings (SSSR count). The first-order valence-electron chi connectivity index (χ1n) is 7.16. The van der Waals surface area contributed by atoms with Crippen molar-refractivity contribution in [2.45, 2.75) is 6.92 Å². The molecule has 0 bridgehead atoms. The molecule has 23 heavy (non-hydrogen) atoms. The number of carbonyl (C=O) groups excluding carboxylic acids is 1. The molecule has 0 saturated carbocycles. The van der Waals surface area contributed by atoms with Crippen LogP contribution in [0.15, 0.2) is 47.5 Å². The van der Waals surface area contributed by atoms with Gasteiger partial charge in [0.1, 0.15) is 17.1 Å². The Morgan fingerprint density at radius 1 is 1.30 bits per heavy atom. The van der Waals surface area contributed by atoms with Crippen molar-refractivity contribution in [2.75, 3.05) is 6.61 Å². The van der Waals surface area contributed by atoms with Crippen LogP contribution in [0.25, 0.3) is 10.2 Å². The summed E-state index contributed by atoms with van der Waals surface area (Å²) in [4.78, 5) is 16.9. The van der Waals surface area contributed by atoms with Crippen LogP contribution in [0.5, 0.6) is 5.75 Å². The molecule has 0 aliphatic heterocycles. The summed E-state index contributed by atoms with van der Waals surface area (Å²) in [6.45, 7) is 2.48. The number of nitrogens with zero attached hydrogens (tertiary/aromatic N) is 2. The van der Waals surface area contributed by atoms with Gasteiger partial charge in [-0.25, -0.2) is 4.39 Å². The Hall–Kier alpha value is -2.47. The van der Waals surface area contributed by atoms with Crippen molar-refractivity contribution in [1.29, 1.82) is 0 Å². The number of ether oxygens (including phenoxy) is 1. The molecule has 1 aromatic heterocycles. The molecule has 1 heterocycles. The predicted octanol–water partition coefficient (Wildman–Crippen LogP) is 3.52. The molecule has 4 nitrogen and oxygen atoms in total. The van der Waals surface area contributed by atoms with Gasteiger partial charge in [-0.15, -0.1) is 0 Å². The summed E-state index contributed by atoms with van der Waals surface area (Å²) in [5.74, 6) is -0.168. The van der Waals surface area contributed by atoms with Crippen molar-refractivity contribution >= 4 is 27.5 Å². The third kappa shape index (κ3) is 3.03. The van der Waals surface area contributed by atoms with Crippen LogP contribution in [-0.4, -0.2) is 17.1 Å². The van der Waals surface area contributed by atoms with Crippen LogP contribution in [0.4, 0.5) is 4.39 Å². The minimum absolute atomic E-state index is 0.229. The van der Waals surface area contributed by atoms with Gasteiger partial charge in [-0.1, -0.05) is 23.5 Å². The van der Waals surface area contributed by atoms with Crippen molar-refractivity contribution in [3.05, 3.63) is 58.6 Å². The van der Waals surface area contributed by atoms with Gasteiger partial charge in [0.25, 0.3) is 5.91 Å². The number of hydrogen-bond donors (Lipinski definition) is 0. The molecule has 0 saturated heterocycles. The molecule has 0 aliphatic carbocycles. The van der Waals surface area contributed by atoms with Gasteiger partial charge in [-0.2, -0.15) is 4.99 Å². The second-order valence-electron chi connectivity index (χ2n) is 4.91. The van der Waals surface area contributed by atoms with Gasteiger partial charge in [0.2, 0.25) is 0 Å². The van der Waals surface area contributed by atoms with E-state index in [0.29, 0.717) is 11.4 Å². The first-order valence-corrected chi connectivity index (χ1v) is 7.97. The summed E-state index contributed by atoms with van der Waals surface area (Å²) in [5, 5.41) is 0. The van der Waals surface area contributed by atoms with E-state index in [0.717, 1.165) is 16.0 Å². The van der Waals surface area contributed by atoms with Gasteiger partial charge >= 0.3 is 0 Å².